The van der Waals surface area contributed by atoms with E-state index < -0.39 is 10.0 Å². The molecule has 0 heterocycles. The van der Waals surface area contributed by atoms with Crippen LogP contribution < -0.4 is 4.72 Å². The van der Waals surface area contributed by atoms with E-state index >= 15 is 0 Å². The third-order valence-corrected chi connectivity index (χ3v) is 4.02. The first-order valence-corrected chi connectivity index (χ1v) is 7.97. The van der Waals surface area contributed by atoms with Crippen molar-refractivity contribution in [1.29, 1.82) is 0 Å². The molecule has 0 bridgehead atoms. The maximum atomic E-state index is 11.9. The lowest BCUT2D eigenvalue weighted by Crippen LogP contribution is -2.09. The summed E-state index contributed by atoms with van der Waals surface area (Å²) in [6, 6.07) is 13.5. The van der Waals surface area contributed by atoms with Gasteiger partial charge in [-0.3, -0.25) is 4.72 Å². The second kappa shape index (κ2) is 6.31. The molecule has 0 saturated heterocycles. The maximum Gasteiger partial charge on any atom is 0.255 e. The highest BCUT2D eigenvalue weighted by molar-refractivity contribution is 7.95. The lowest BCUT2D eigenvalue weighted by atomic mass is 10.2. The Balaban J connectivity index is 2.15. The number of halogens is 2. The Kier molecular flexibility index (Phi) is 4.70. The molecule has 6 heteroatoms. The Morgan fingerprint density at radius 3 is 2.25 bits per heavy atom. The molecule has 20 heavy (non-hydrogen) atoms. The molecular weight excluding hydrogens is 317 g/mol. The second-order valence-electron chi connectivity index (χ2n) is 3.98. The third-order valence-electron chi connectivity index (χ3n) is 2.44. The van der Waals surface area contributed by atoms with Crippen LogP contribution in [-0.2, 0) is 10.0 Å². The van der Waals surface area contributed by atoms with Crippen molar-refractivity contribution in [1.82, 2.24) is 0 Å². The molecule has 2 aromatic carbocycles. The van der Waals surface area contributed by atoms with Gasteiger partial charge in [-0.2, -0.15) is 0 Å². The van der Waals surface area contributed by atoms with Crippen LogP contribution in [0, 0.1) is 0 Å². The predicted molar refractivity (Wildman–Crippen MR) is 84.5 cm³/mol. The molecule has 0 aliphatic rings. The van der Waals surface area contributed by atoms with Gasteiger partial charge in [0.1, 0.15) is 0 Å². The normalized spacial score (nSPS) is 11.7. The number of hydrogen-bond donors (Lipinski definition) is 1. The standard InChI is InChI=1S/C14H11Cl2NO2S/c15-12-7-5-11(6-8-12)9-10-20(18,19)17-14-4-2-1-3-13(14)16/h1-10,17H. The van der Waals surface area contributed by atoms with E-state index in [4.69, 9.17) is 23.2 Å². The summed E-state index contributed by atoms with van der Waals surface area (Å²) < 4.78 is 26.2. The number of sulfonamides is 1. The van der Waals surface area contributed by atoms with Crippen molar-refractivity contribution in [3.05, 3.63) is 69.5 Å². The lowest BCUT2D eigenvalue weighted by molar-refractivity contribution is 0.609. The zero-order valence-electron chi connectivity index (χ0n) is 10.3. The van der Waals surface area contributed by atoms with Crippen LogP contribution in [0.4, 0.5) is 5.69 Å². The van der Waals surface area contributed by atoms with Crippen LogP contribution >= 0.6 is 23.2 Å². The molecule has 0 aliphatic carbocycles. The van der Waals surface area contributed by atoms with Crippen LogP contribution in [0.1, 0.15) is 5.56 Å². The molecule has 0 radical (unpaired) electrons. The van der Waals surface area contributed by atoms with Crippen LogP contribution in [0.15, 0.2) is 53.9 Å². The van der Waals surface area contributed by atoms with Gasteiger partial charge >= 0.3 is 0 Å². The van der Waals surface area contributed by atoms with E-state index in [9.17, 15) is 8.42 Å². The van der Waals surface area contributed by atoms with Gasteiger partial charge in [-0.15, -0.1) is 0 Å². The maximum absolute atomic E-state index is 11.9. The molecular formula is C14H11Cl2NO2S. The molecule has 1 N–H and O–H groups in total. The van der Waals surface area contributed by atoms with E-state index in [0.717, 1.165) is 11.0 Å². The summed E-state index contributed by atoms with van der Waals surface area (Å²) in [6.45, 7) is 0. The summed E-state index contributed by atoms with van der Waals surface area (Å²) in [5.74, 6) is 0. The summed E-state index contributed by atoms with van der Waals surface area (Å²) in [5, 5.41) is 2.02. The highest BCUT2D eigenvalue weighted by Crippen LogP contribution is 2.22. The Bertz CT molecular complexity index is 725. The summed E-state index contributed by atoms with van der Waals surface area (Å²) >= 11 is 11.7. The monoisotopic (exact) mass is 327 g/mol. The van der Waals surface area contributed by atoms with Gasteiger partial charge in [-0.1, -0.05) is 47.5 Å². The molecule has 0 aromatic heterocycles. The molecule has 0 aliphatic heterocycles. The van der Waals surface area contributed by atoms with Crippen LogP contribution in [0.25, 0.3) is 6.08 Å². The smallest absolute Gasteiger partial charge is 0.255 e. The number of hydrogen-bond acceptors (Lipinski definition) is 2. The molecule has 0 unspecified atom stereocenters. The fourth-order valence-electron chi connectivity index (χ4n) is 1.47. The Morgan fingerprint density at radius 1 is 0.950 bits per heavy atom. The molecule has 2 rings (SSSR count). The molecule has 0 atom stereocenters. The van der Waals surface area contributed by atoms with Gasteiger partial charge in [-0.25, -0.2) is 8.42 Å². The van der Waals surface area contributed by atoms with Crippen molar-refractivity contribution in [2.75, 3.05) is 4.72 Å². The summed E-state index contributed by atoms with van der Waals surface area (Å²) in [6.07, 6.45) is 1.48. The van der Waals surface area contributed by atoms with E-state index in [1.807, 2.05) is 0 Å². The van der Waals surface area contributed by atoms with Crippen molar-refractivity contribution in [2.45, 2.75) is 0 Å². The number of nitrogens with one attached hydrogen (secondary N) is 1. The lowest BCUT2D eigenvalue weighted by Gasteiger charge is -2.05. The fraction of sp³-hybridized carbons (Fsp3) is 0. The molecule has 2 aromatic rings. The molecule has 0 fully saturated rings. The Labute approximate surface area is 127 Å². The SMILES string of the molecule is O=S(=O)(C=Cc1ccc(Cl)cc1)Nc1ccccc1Cl. The van der Waals surface area contributed by atoms with Crippen LogP contribution in [0.2, 0.25) is 10.0 Å². The van der Waals surface area contributed by atoms with E-state index in [-0.39, 0.29) is 0 Å². The van der Waals surface area contributed by atoms with Gasteiger partial charge in [0.25, 0.3) is 10.0 Å². The van der Waals surface area contributed by atoms with Crippen LogP contribution in [0.5, 0.6) is 0 Å². The minimum absolute atomic E-state index is 0.343. The largest absolute Gasteiger partial charge is 0.279 e. The van der Waals surface area contributed by atoms with Crippen molar-refractivity contribution in [3.63, 3.8) is 0 Å². The predicted octanol–water partition coefficient (Wildman–Crippen LogP) is 4.41. The molecule has 0 amide bonds. The van der Waals surface area contributed by atoms with E-state index in [1.54, 1.807) is 48.5 Å². The fourth-order valence-corrected chi connectivity index (χ4v) is 2.73. The van der Waals surface area contributed by atoms with Gasteiger partial charge < -0.3 is 0 Å². The summed E-state index contributed by atoms with van der Waals surface area (Å²) in [5.41, 5.74) is 1.08. The quantitative estimate of drug-likeness (QED) is 0.904. The zero-order chi connectivity index (χ0) is 14.6. The van der Waals surface area contributed by atoms with Crippen molar-refractivity contribution < 1.29 is 8.42 Å². The van der Waals surface area contributed by atoms with E-state index in [0.29, 0.717) is 15.7 Å². The molecule has 104 valence electrons. The summed E-state index contributed by atoms with van der Waals surface area (Å²) in [4.78, 5) is 0. The van der Waals surface area contributed by atoms with Crippen LogP contribution in [0.3, 0.4) is 0 Å². The summed E-state index contributed by atoms with van der Waals surface area (Å²) in [7, 11) is -3.61. The Morgan fingerprint density at radius 2 is 1.60 bits per heavy atom. The first kappa shape index (κ1) is 14.9. The highest BCUT2D eigenvalue weighted by atomic mass is 35.5. The average Bonchev–Trinajstić information content (AvgIpc) is 2.41. The first-order valence-electron chi connectivity index (χ1n) is 5.67. The molecule has 0 spiro atoms. The number of anilines is 1. The Hall–Kier alpha value is -1.49. The number of benzene rings is 2. The van der Waals surface area contributed by atoms with Gasteiger partial charge in [0.15, 0.2) is 0 Å². The second-order valence-corrected chi connectivity index (χ2v) is 6.39. The van der Waals surface area contributed by atoms with Gasteiger partial charge in [0.2, 0.25) is 0 Å². The highest BCUT2D eigenvalue weighted by Gasteiger charge is 2.07. The first-order chi connectivity index (χ1) is 9.46. The number of rotatable bonds is 4. The van der Waals surface area contributed by atoms with E-state index in [2.05, 4.69) is 4.72 Å². The van der Waals surface area contributed by atoms with Gasteiger partial charge in [0, 0.05) is 5.02 Å². The average molecular weight is 328 g/mol. The van der Waals surface area contributed by atoms with Crippen molar-refractivity contribution >= 4 is 45.0 Å². The molecule has 0 saturated carbocycles. The minimum atomic E-state index is -3.61. The van der Waals surface area contributed by atoms with Crippen molar-refractivity contribution in [3.8, 4) is 0 Å². The van der Waals surface area contributed by atoms with E-state index in [1.165, 1.54) is 6.08 Å². The number of para-hydroxylation sites is 1. The topological polar surface area (TPSA) is 46.2 Å². The zero-order valence-corrected chi connectivity index (χ0v) is 12.6. The van der Waals surface area contributed by atoms with Crippen LogP contribution in [-0.4, -0.2) is 8.42 Å². The minimum Gasteiger partial charge on any atom is -0.279 e. The third kappa shape index (κ3) is 4.27. The molecule has 3 nitrogen and oxygen atoms in total. The van der Waals surface area contributed by atoms with Gasteiger partial charge in [-0.05, 0) is 35.9 Å². The van der Waals surface area contributed by atoms with Crippen molar-refractivity contribution in [2.24, 2.45) is 0 Å². The van der Waals surface area contributed by atoms with Gasteiger partial charge in [0.05, 0.1) is 16.1 Å².